The molecule has 4 rings (SSSR count). The van der Waals surface area contributed by atoms with Crippen molar-refractivity contribution in [2.24, 2.45) is 0 Å². The zero-order valence-electron chi connectivity index (χ0n) is 17.9. The number of rotatable bonds is 10. The van der Waals surface area contributed by atoms with Crippen molar-refractivity contribution >= 4 is 15.9 Å². The lowest BCUT2D eigenvalue weighted by Gasteiger charge is -2.44. The van der Waals surface area contributed by atoms with Crippen LogP contribution in [0.5, 0.6) is 0 Å². The number of aryl methyl sites for hydroxylation is 1. The van der Waals surface area contributed by atoms with Crippen molar-refractivity contribution < 1.29 is 17.7 Å². The van der Waals surface area contributed by atoms with Crippen LogP contribution < -0.4 is 0 Å². The van der Waals surface area contributed by atoms with Gasteiger partial charge in [-0.05, 0) is 31.2 Å². The molecule has 1 saturated heterocycles. The lowest BCUT2D eigenvalue weighted by Crippen LogP contribution is -2.62. The molecule has 2 heterocycles. The van der Waals surface area contributed by atoms with Gasteiger partial charge in [0.25, 0.3) is 0 Å². The van der Waals surface area contributed by atoms with Gasteiger partial charge in [-0.2, -0.15) is 9.29 Å². The van der Waals surface area contributed by atoms with Crippen LogP contribution in [0.15, 0.2) is 34.9 Å². The maximum Gasteiger partial charge on any atom is 0.229 e. The van der Waals surface area contributed by atoms with Gasteiger partial charge in [0.15, 0.2) is 5.82 Å². The van der Waals surface area contributed by atoms with Crippen LogP contribution in [0, 0.1) is 0 Å². The van der Waals surface area contributed by atoms with E-state index in [9.17, 15) is 13.2 Å². The molecule has 31 heavy (non-hydrogen) atoms. The van der Waals surface area contributed by atoms with E-state index in [1.165, 1.54) is 22.5 Å². The van der Waals surface area contributed by atoms with Crippen molar-refractivity contribution in [1.29, 1.82) is 0 Å². The minimum atomic E-state index is -3.39. The fourth-order valence-electron chi connectivity index (χ4n) is 4.11. The van der Waals surface area contributed by atoms with E-state index in [0.29, 0.717) is 50.1 Å². The highest BCUT2D eigenvalue weighted by Crippen LogP contribution is 2.35. The molecule has 2 fully saturated rings. The van der Waals surface area contributed by atoms with Crippen LogP contribution in [0.25, 0.3) is 0 Å². The smallest absolute Gasteiger partial charge is 0.229 e. The number of carbonyl (C=O) groups excluding carboxylic acids is 1. The van der Waals surface area contributed by atoms with Crippen molar-refractivity contribution in [3.8, 4) is 0 Å². The van der Waals surface area contributed by atoms with Gasteiger partial charge in [-0.3, -0.25) is 4.79 Å². The lowest BCUT2D eigenvalue weighted by atomic mass is 9.85. The van der Waals surface area contributed by atoms with E-state index < -0.39 is 10.0 Å². The number of aromatic nitrogens is 2. The summed E-state index contributed by atoms with van der Waals surface area (Å²) in [6.45, 7) is 1.18. The van der Waals surface area contributed by atoms with Gasteiger partial charge in [0.2, 0.25) is 21.8 Å². The number of carbonyl (C=O) groups is 1. The van der Waals surface area contributed by atoms with Crippen molar-refractivity contribution in [3.05, 3.63) is 47.6 Å². The molecule has 168 valence electrons. The second-order valence-corrected chi connectivity index (χ2v) is 10.5. The van der Waals surface area contributed by atoms with E-state index in [0.717, 1.165) is 25.7 Å². The highest BCUT2D eigenvalue weighted by atomic mass is 32.2. The SMILES string of the molecule is CS(=O)(=O)N(CCc1noc(C2CCC2)n1)C1CN(C(=O)CCCc2ccccc2)C1. The minimum Gasteiger partial charge on any atom is -0.339 e. The Hall–Kier alpha value is -2.26. The van der Waals surface area contributed by atoms with Gasteiger partial charge in [0.1, 0.15) is 0 Å². The Kier molecular flexibility index (Phi) is 6.71. The molecule has 0 radical (unpaired) electrons. The fourth-order valence-corrected chi connectivity index (χ4v) is 5.20. The molecule has 1 saturated carbocycles. The number of likely N-dealkylation sites (tertiary alicyclic amines) is 1. The summed E-state index contributed by atoms with van der Waals surface area (Å²) >= 11 is 0. The van der Waals surface area contributed by atoms with Crippen LogP contribution >= 0.6 is 0 Å². The van der Waals surface area contributed by atoms with E-state index in [1.807, 2.05) is 18.2 Å². The molecule has 2 aliphatic rings. The van der Waals surface area contributed by atoms with E-state index in [1.54, 1.807) is 4.90 Å². The van der Waals surface area contributed by atoms with Crippen LogP contribution in [-0.2, 0) is 27.7 Å². The second kappa shape index (κ2) is 9.48. The highest BCUT2D eigenvalue weighted by molar-refractivity contribution is 7.88. The van der Waals surface area contributed by atoms with Gasteiger partial charge in [0, 0.05) is 38.4 Å². The lowest BCUT2D eigenvalue weighted by molar-refractivity contribution is -0.137. The van der Waals surface area contributed by atoms with Crippen LogP contribution in [0.2, 0.25) is 0 Å². The van der Waals surface area contributed by atoms with Crippen molar-refractivity contribution in [1.82, 2.24) is 19.3 Å². The standard InChI is InChI=1S/C22H30N4O4S/c1-31(28,29)26(14-13-20-23-22(30-24-20)18-10-6-11-18)19-15-25(16-19)21(27)12-5-9-17-7-3-2-4-8-17/h2-4,7-8,18-19H,5-6,9-16H2,1H3. The maximum absolute atomic E-state index is 12.4. The van der Waals surface area contributed by atoms with Crippen molar-refractivity contribution in [2.75, 3.05) is 25.9 Å². The average molecular weight is 447 g/mol. The number of amides is 1. The Bertz CT molecular complexity index is 982. The fraction of sp³-hybridized carbons (Fsp3) is 0.591. The Morgan fingerprint density at radius 3 is 2.58 bits per heavy atom. The van der Waals surface area contributed by atoms with Crippen molar-refractivity contribution in [3.63, 3.8) is 0 Å². The summed E-state index contributed by atoms with van der Waals surface area (Å²) in [6, 6.07) is 9.92. The van der Waals surface area contributed by atoms with Gasteiger partial charge < -0.3 is 9.42 Å². The zero-order valence-corrected chi connectivity index (χ0v) is 18.8. The molecule has 1 aromatic carbocycles. The van der Waals surface area contributed by atoms with E-state index in [2.05, 4.69) is 22.3 Å². The molecule has 0 bridgehead atoms. The van der Waals surface area contributed by atoms with Gasteiger partial charge >= 0.3 is 0 Å². The molecule has 0 N–H and O–H groups in total. The first-order valence-corrected chi connectivity index (χ1v) is 12.9. The quantitative estimate of drug-likeness (QED) is 0.556. The topological polar surface area (TPSA) is 96.6 Å². The summed E-state index contributed by atoms with van der Waals surface area (Å²) in [4.78, 5) is 18.6. The zero-order chi connectivity index (χ0) is 21.8. The van der Waals surface area contributed by atoms with E-state index >= 15 is 0 Å². The summed E-state index contributed by atoms with van der Waals surface area (Å²) in [6.07, 6.45) is 7.11. The Morgan fingerprint density at radius 1 is 1.19 bits per heavy atom. The molecule has 1 aromatic heterocycles. The third-order valence-corrected chi connectivity index (χ3v) is 7.57. The number of nitrogens with zero attached hydrogens (tertiary/aromatic N) is 4. The first-order chi connectivity index (χ1) is 14.9. The number of hydrogen-bond donors (Lipinski definition) is 0. The van der Waals surface area contributed by atoms with E-state index in [4.69, 9.17) is 4.52 Å². The second-order valence-electron chi connectivity index (χ2n) is 8.59. The summed E-state index contributed by atoms with van der Waals surface area (Å²) in [5.74, 6) is 1.66. The Morgan fingerprint density at radius 2 is 1.94 bits per heavy atom. The predicted octanol–water partition coefficient (Wildman–Crippen LogP) is 2.37. The van der Waals surface area contributed by atoms with Crippen molar-refractivity contribution in [2.45, 2.75) is 56.9 Å². The summed E-state index contributed by atoms with van der Waals surface area (Å²) in [5.41, 5.74) is 1.22. The molecule has 1 aliphatic carbocycles. The third-order valence-electron chi connectivity index (χ3n) is 6.24. The normalized spacial score (nSPS) is 17.5. The highest BCUT2D eigenvalue weighted by Gasteiger charge is 2.38. The third kappa shape index (κ3) is 5.51. The molecule has 9 heteroatoms. The molecule has 1 aliphatic heterocycles. The Labute approximate surface area is 183 Å². The summed E-state index contributed by atoms with van der Waals surface area (Å²) in [7, 11) is -3.39. The molecular weight excluding hydrogens is 416 g/mol. The molecule has 0 spiro atoms. The number of hydrogen-bond acceptors (Lipinski definition) is 6. The molecule has 0 atom stereocenters. The first kappa shape index (κ1) is 22.0. The number of sulfonamides is 1. The minimum absolute atomic E-state index is 0.0870. The van der Waals surface area contributed by atoms with Gasteiger partial charge in [-0.25, -0.2) is 8.42 Å². The molecule has 0 unspecified atom stereocenters. The molecule has 1 amide bonds. The number of benzene rings is 1. The first-order valence-electron chi connectivity index (χ1n) is 11.0. The monoisotopic (exact) mass is 446 g/mol. The molecule has 2 aromatic rings. The molecule has 8 nitrogen and oxygen atoms in total. The average Bonchev–Trinajstić information content (AvgIpc) is 3.10. The largest absolute Gasteiger partial charge is 0.339 e. The van der Waals surface area contributed by atoms with E-state index in [-0.39, 0.29) is 11.9 Å². The van der Waals surface area contributed by atoms with Crippen LogP contribution in [0.1, 0.15) is 55.3 Å². The predicted molar refractivity (Wildman–Crippen MR) is 116 cm³/mol. The maximum atomic E-state index is 12.4. The van der Waals surface area contributed by atoms with Gasteiger partial charge in [-0.1, -0.05) is 41.9 Å². The van der Waals surface area contributed by atoms with Crippen LogP contribution in [0.4, 0.5) is 0 Å². The van der Waals surface area contributed by atoms with Gasteiger partial charge in [-0.15, -0.1) is 0 Å². The van der Waals surface area contributed by atoms with Crippen LogP contribution in [-0.4, -0.2) is 65.6 Å². The molecular formula is C22H30N4O4S. The van der Waals surface area contributed by atoms with Gasteiger partial charge in [0.05, 0.1) is 12.3 Å². The van der Waals surface area contributed by atoms with Crippen LogP contribution in [0.3, 0.4) is 0 Å². The summed E-state index contributed by atoms with van der Waals surface area (Å²) < 4.78 is 31.4. The summed E-state index contributed by atoms with van der Waals surface area (Å²) in [5, 5.41) is 4.01. The Balaban J connectivity index is 1.24.